The summed E-state index contributed by atoms with van der Waals surface area (Å²) in [5.74, 6) is -1.23. The number of hydrogen-bond donors (Lipinski definition) is 5. The molecule has 2 aromatic rings. The first kappa shape index (κ1) is 19.5. The molecule has 0 spiro atoms. The zero-order valence-corrected chi connectivity index (χ0v) is 14.6. The van der Waals surface area contributed by atoms with Gasteiger partial charge in [0.15, 0.2) is 0 Å². The van der Waals surface area contributed by atoms with E-state index in [1.54, 1.807) is 24.3 Å². The molecule has 2 rings (SSSR count). The van der Waals surface area contributed by atoms with E-state index in [0.29, 0.717) is 5.56 Å². The number of phenolic OH excluding ortho intramolecular Hbond substituents is 1. The monoisotopic (exact) mass is 396 g/mol. The summed E-state index contributed by atoms with van der Waals surface area (Å²) in [5.41, 5.74) is 5.81. The van der Waals surface area contributed by atoms with Crippen molar-refractivity contribution in [3.8, 4) is 5.75 Å². The van der Waals surface area contributed by atoms with Crippen LogP contribution in [0.5, 0.6) is 5.75 Å². The Morgan fingerprint density at radius 2 is 1.67 bits per heavy atom. The first-order valence-electron chi connectivity index (χ1n) is 6.63. The zero-order chi connectivity index (χ0) is 18.3. The number of hydrogen-bond acceptors (Lipinski definition) is 4. The van der Waals surface area contributed by atoms with Crippen LogP contribution in [-0.4, -0.2) is 39.3 Å². The van der Waals surface area contributed by atoms with Gasteiger partial charge >= 0.3 is 88.1 Å². The smallest absolute Gasteiger partial charge is 0.248 e. The maximum atomic E-state index is 10.9. The molecular formula is C15H17AsN2O6. The van der Waals surface area contributed by atoms with Crippen molar-refractivity contribution in [1.82, 2.24) is 0 Å². The third-order valence-corrected chi connectivity index (χ3v) is 4.78. The topological polar surface area (TPSA) is 150 Å². The van der Waals surface area contributed by atoms with Crippen molar-refractivity contribution in [3.63, 3.8) is 0 Å². The number of primary amides is 1. The minimum absolute atomic E-state index is 0.285. The quantitative estimate of drug-likeness (QED) is 0.450. The zero-order valence-electron chi connectivity index (χ0n) is 12.7. The largest absolute Gasteiger partial charge is 0.366 e. The summed E-state index contributed by atoms with van der Waals surface area (Å²) in [6.07, 6.45) is 0. The fourth-order valence-corrected chi connectivity index (χ4v) is 2.98. The number of rotatable bonds is 3. The predicted octanol–water partition coefficient (Wildman–Crippen LogP) is -0.303. The van der Waals surface area contributed by atoms with Gasteiger partial charge < -0.3 is 5.73 Å². The molecule has 128 valence electrons. The molecule has 24 heavy (non-hydrogen) atoms. The minimum Gasteiger partial charge on any atom is -0.366 e. The summed E-state index contributed by atoms with van der Waals surface area (Å²) in [6, 6.07) is 12.3. The first-order chi connectivity index (χ1) is 11.1. The van der Waals surface area contributed by atoms with Crippen LogP contribution < -0.4 is 15.4 Å². The Morgan fingerprint density at radius 3 is 2.04 bits per heavy atom. The average Bonchev–Trinajstić information content (AvgIpc) is 2.47. The first-order valence-corrected chi connectivity index (χ1v) is 10.0. The molecule has 0 aromatic heterocycles. The maximum absolute atomic E-state index is 10.9. The van der Waals surface area contributed by atoms with Crippen molar-refractivity contribution in [2.45, 2.75) is 6.92 Å². The van der Waals surface area contributed by atoms with Crippen LogP contribution in [0.15, 0.2) is 48.5 Å². The molecule has 0 saturated carbocycles. The minimum atomic E-state index is -5.09. The Labute approximate surface area is 140 Å². The number of phenols is 1. The normalized spacial score (nSPS) is 10.3. The van der Waals surface area contributed by atoms with E-state index in [1.807, 2.05) is 6.07 Å². The molecule has 0 atom stereocenters. The molecule has 0 unspecified atom stereocenters. The summed E-state index contributed by atoms with van der Waals surface area (Å²) in [5, 5.41) is 11.7. The van der Waals surface area contributed by atoms with Gasteiger partial charge in [-0.2, -0.15) is 0 Å². The Hall–Kier alpha value is -2.54. The van der Waals surface area contributed by atoms with Gasteiger partial charge in [0.05, 0.1) is 0 Å². The van der Waals surface area contributed by atoms with Crippen molar-refractivity contribution in [2.24, 2.45) is 5.73 Å². The number of aromatic hydroxyl groups is 1. The van der Waals surface area contributed by atoms with Crippen LogP contribution in [-0.2, 0) is 8.53 Å². The summed E-state index contributed by atoms with van der Waals surface area (Å²) >= 11 is -5.09. The van der Waals surface area contributed by atoms with Crippen LogP contribution in [0.2, 0.25) is 0 Å². The SMILES string of the molecule is CC(=O)Nc1ccc([As](=O)(O)O)c(O)c1.NC(=O)c1ccccc1. The van der Waals surface area contributed by atoms with Crippen LogP contribution in [0.3, 0.4) is 0 Å². The average molecular weight is 396 g/mol. The molecule has 2 amide bonds. The standard InChI is InChI=1S/C8H10AsNO5.C7H7NO/c1-5(11)10-6-2-3-7(8(12)4-6)9(13,14)15;8-7(9)6-4-2-1-3-5-6/h2-4,12H,1H3,(H,10,11)(H2,13,14,15);1-5H,(H2,8,9). The second kappa shape index (κ2) is 8.35. The predicted molar refractivity (Wildman–Crippen MR) is 87.9 cm³/mol. The third kappa shape index (κ3) is 6.29. The number of nitrogens with one attached hydrogen (secondary N) is 1. The summed E-state index contributed by atoms with van der Waals surface area (Å²) < 4.78 is 28.2. The fourth-order valence-electron chi connectivity index (χ4n) is 1.65. The van der Waals surface area contributed by atoms with E-state index < -0.39 is 24.3 Å². The molecule has 0 fully saturated rings. The molecule has 0 heterocycles. The van der Waals surface area contributed by atoms with Crippen LogP contribution in [0, 0.1) is 0 Å². The molecule has 0 aliphatic heterocycles. The maximum Gasteiger partial charge on any atom is 0.248 e. The van der Waals surface area contributed by atoms with Gasteiger partial charge in [-0.15, -0.1) is 0 Å². The van der Waals surface area contributed by atoms with Gasteiger partial charge in [0.2, 0.25) is 5.91 Å². The van der Waals surface area contributed by atoms with Gasteiger partial charge in [-0.1, -0.05) is 18.2 Å². The van der Waals surface area contributed by atoms with E-state index in [2.05, 4.69) is 5.32 Å². The van der Waals surface area contributed by atoms with Gasteiger partial charge in [-0.3, -0.25) is 4.79 Å². The number of benzene rings is 2. The molecular weight excluding hydrogens is 379 g/mol. The van der Waals surface area contributed by atoms with E-state index in [-0.39, 0.29) is 17.5 Å². The van der Waals surface area contributed by atoms with E-state index in [1.165, 1.54) is 13.0 Å². The number of carbonyl (C=O) groups excluding carboxylic acids is 2. The molecule has 8 nitrogen and oxygen atoms in total. The molecule has 2 aromatic carbocycles. The van der Waals surface area contributed by atoms with Gasteiger partial charge in [0, 0.05) is 5.56 Å². The van der Waals surface area contributed by atoms with Crippen LogP contribution in [0.25, 0.3) is 0 Å². The van der Waals surface area contributed by atoms with E-state index >= 15 is 0 Å². The third-order valence-electron chi connectivity index (χ3n) is 2.67. The molecule has 0 aliphatic rings. The van der Waals surface area contributed by atoms with Crippen molar-refractivity contribution < 1.29 is 26.6 Å². The van der Waals surface area contributed by atoms with Gasteiger partial charge in [0.25, 0.3) is 0 Å². The van der Waals surface area contributed by atoms with Gasteiger partial charge in [-0.05, 0) is 12.1 Å². The molecule has 6 N–H and O–H groups in total. The molecule has 9 heteroatoms. The van der Waals surface area contributed by atoms with Crippen molar-refractivity contribution in [3.05, 3.63) is 54.1 Å². The number of nitrogens with two attached hydrogens (primary N) is 1. The Bertz CT molecular complexity index is 773. The summed E-state index contributed by atoms with van der Waals surface area (Å²) in [6.45, 7) is 1.29. The molecule has 0 radical (unpaired) electrons. The fraction of sp³-hybridized carbons (Fsp3) is 0.0667. The summed E-state index contributed by atoms with van der Waals surface area (Å²) in [4.78, 5) is 21.1. The number of amides is 2. The Balaban J connectivity index is 0.000000272. The van der Waals surface area contributed by atoms with E-state index in [4.69, 9.17) is 13.9 Å². The van der Waals surface area contributed by atoms with Gasteiger partial charge in [0.1, 0.15) is 0 Å². The van der Waals surface area contributed by atoms with Crippen LogP contribution >= 0.6 is 0 Å². The summed E-state index contributed by atoms with van der Waals surface area (Å²) in [7, 11) is 0. The van der Waals surface area contributed by atoms with Crippen LogP contribution in [0.4, 0.5) is 5.69 Å². The Kier molecular flexibility index (Phi) is 6.79. The second-order valence-electron chi connectivity index (χ2n) is 4.66. The van der Waals surface area contributed by atoms with Crippen molar-refractivity contribution >= 4 is 36.0 Å². The number of carbonyl (C=O) groups is 2. The second-order valence-corrected chi connectivity index (χ2v) is 7.95. The van der Waals surface area contributed by atoms with E-state index in [0.717, 1.165) is 12.1 Å². The van der Waals surface area contributed by atoms with E-state index in [9.17, 15) is 18.4 Å². The Morgan fingerprint density at radius 1 is 1.08 bits per heavy atom. The van der Waals surface area contributed by atoms with Crippen molar-refractivity contribution in [2.75, 3.05) is 5.32 Å². The van der Waals surface area contributed by atoms with Crippen LogP contribution in [0.1, 0.15) is 17.3 Å². The molecule has 0 bridgehead atoms. The number of anilines is 1. The molecule has 0 aliphatic carbocycles. The van der Waals surface area contributed by atoms with Gasteiger partial charge in [-0.25, -0.2) is 0 Å². The van der Waals surface area contributed by atoms with Crippen molar-refractivity contribution in [1.29, 1.82) is 0 Å². The molecule has 0 saturated heterocycles.